The van der Waals surface area contributed by atoms with Gasteiger partial charge in [-0.05, 0) is 50.4 Å². The van der Waals surface area contributed by atoms with Gasteiger partial charge in [-0.1, -0.05) is 0 Å². The number of aliphatic hydroxyl groups is 1. The minimum Gasteiger partial charge on any atom is -0.481 e. The van der Waals surface area contributed by atoms with Crippen molar-refractivity contribution in [3.63, 3.8) is 0 Å². The Morgan fingerprint density at radius 1 is 1.40 bits per heavy atom. The Morgan fingerprint density at radius 2 is 2.16 bits per heavy atom. The third-order valence-corrected chi connectivity index (χ3v) is 5.29. The number of aromatic nitrogens is 1. The maximum absolute atomic E-state index is 10.8. The summed E-state index contributed by atoms with van der Waals surface area (Å²) < 4.78 is 5.38. The maximum atomic E-state index is 10.8. The summed E-state index contributed by atoms with van der Waals surface area (Å²) in [4.78, 5) is 17.9. The van der Waals surface area contributed by atoms with E-state index >= 15 is 0 Å². The molecule has 2 saturated heterocycles. The number of hydrogen-bond donors (Lipinski definition) is 2. The monoisotopic (exact) mass is 348 g/mol. The van der Waals surface area contributed by atoms with E-state index in [4.69, 9.17) is 14.8 Å². The van der Waals surface area contributed by atoms with E-state index in [1.807, 2.05) is 19.1 Å². The Morgan fingerprint density at radius 3 is 2.88 bits per heavy atom. The van der Waals surface area contributed by atoms with Crippen LogP contribution in [0.15, 0.2) is 12.1 Å². The molecule has 0 radical (unpaired) electrons. The minimum atomic E-state index is -0.778. The summed E-state index contributed by atoms with van der Waals surface area (Å²) in [7, 11) is 0. The number of β-amino-alcohol motifs (C(OH)–C–C–N with tert-alkyl or cyclic N) is 1. The van der Waals surface area contributed by atoms with Crippen LogP contribution < -0.4 is 0 Å². The van der Waals surface area contributed by atoms with Crippen LogP contribution in [0.25, 0.3) is 0 Å². The molecule has 0 spiro atoms. The van der Waals surface area contributed by atoms with Crippen LogP contribution in [0.4, 0.5) is 0 Å². The summed E-state index contributed by atoms with van der Waals surface area (Å²) in [5, 5.41) is 19.8. The second-order valence-electron chi connectivity index (χ2n) is 7.40. The van der Waals surface area contributed by atoms with Gasteiger partial charge in [0.15, 0.2) is 0 Å². The van der Waals surface area contributed by atoms with E-state index in [2.05, 4.69) is 4.90 Å². The largest absolute Gasteiger partial charge is 0.481 e. The lowest BCUT2D eigenvalue weighted by Crippen LogP contribution is -2.46. The highest BCUT2D eigenvalue weighted by Gasteiger charge is 2.37. The molecule has 1 aromatic rings. The van der Waals surface area contributed by atoms with Crippen molar-refractivity contribution in [2.75, 3.05) is 26.3 Å². The minimum absolute atomic E-state index is 0.136. The molecule has 0 aliphatic carbocycles. The Kier molecular flexibility index (Phi) is 5.71. The number of nitrogens with zero attached hydrogens (tertiary/aromatic N) is 2. The number of likely N-dealkylation sites (tertiary alicyclic amines) is 1. The molecule has 3 rings (SSSR count). The van der Waals surface area contributed by atoms with E-state index in [-0.39, 0.29) is 12.5 Å². The van der Waals surface area contributed by atoms with Crippen LogP contribution in [0.3, 0.4) is 0 Å². The molecule has 1 unspecified atom stereocenters. The third kappa shape index (κ3) is 4.77. The lowest BCUT2D eigenvalue weighted by Gasteiger charge is -2.37. The van der Waals surface area contributed by atoms with Gasteiger partial charge in [0.2, 0.25) is 0 Å². The first-order chi connectivity index (χ1) is 12.0. The molecule has 1 aromatic heterocycles. The van der Waals surface area contributed by atoms with Crippen LogP contribution in [0.1, 0.15) is 55.1 Å². The van der Waals surface area contributed by atoms with Gasteiger partial charge in [0, 0.05) is 44.7 Å². The predicted molar refractivity (Wildman–Crippen MR) is 93.5 cm³/mol. The van der Waals surface area contributed by atoms with Gasteiger partial charge >= 0.3 is 5.97 Å². The molecule has 0 saturated carbocycles. The second-order valence-corrected chi connectivity index (χ2v) is 7.40. The Balaban J connectivity index is 1.74. The molecule has 6 heteroatoms. The summed E-state index contributed by atoms with van der Waals surface area (Å²) in [6, 6.07) is 4.22. The molecule has 2 N–H and O–H groups in total. The molecule has 0 amide bonds. The molecule has 3 heterocycles. The van der Waals surface area contributed by atoms with E-state index in [1.165, 1.54) is 0 Å². The van der Waals surface area contributed by atoms with Crippen molar-refractivity contribution in [1.82, 2.24) is 9.88 Å². The van der Waals surface area contributed by atoms with Gasteiger partial charge in [0.05, 0.1) is 17.3 Å². The van der Waals surface area contributed by atoms with E-state index in [0.717, 1.165) is 36.3 Å². The highest BCUT2D eigenvalue weighted by atomic mass is 16.5. The third-order valence-electron chi connectivity index (χ3n) is 5.29. The smallest absolute Gasteiger partial charge is 0.303 e. The van der Waals surface area contributed by atoms with Gasteiger partial charge in [0.25, 0.3) is 0 Å². The fourth-order valence-electron chi connectivity index (χ4n) is 3.97. The lowest BCUT2D eigenvalue weighted by atomic mass is 9.93. The number of pyridine rings is 1. The lowest BCUT2D eigenvalue weighted by molar-refractivity contribution is -0.136. The zero-order valence-electron chi connectivity index (χ0n) is 14.9. The van der Waals surface area contributed by atoms with Crippen molar-refractivity contribution in [2.45, 2.75) is 57.1 Å². The number of carboxylic acids is 1. The molecule has 138 valence electrons. The highest BCUT2D eigenvalue weighted by molar-refractivity contribution is 5.67. The number of aryl methyl sites for hydroxylation is 2. The topological polar surface area (TPSA) is 82.9 Å². The van der Waals surface area contributed by atoms with Gasteiger partial charge in [-0.15, -0.1) is 0 Å². The van der Waals surface area contributed by atoms with E-state index < -0.39 is 11.6 Å². The van der Waals surface area contributed by atoms with E-state index in [1.54, 1.807) is 0 Å². The normalized spacial score (nSPS) is 23.7. The quantitative estimate of drug-likeness (QED) is 0.819. The van der Waals surface area contributed by atoms with Crippen molar-refractivity contribution in [1.29, 1.82) is 0 Å². The molecule has 25 heavy (non-hydrogen) atoms. The first-order valence-electron chi connectivity index (χ1n) is 9.19. The van der Waals surface area contributed by atoms with Crippen LogP contribution in [0.5, 0.6) is 0 Å². The molecule has 2 fully saturated rings. The first-order valence-corrected chi connectivity index (χ1v) is 9.19. The van der Waals surface area contributed by atoms with Crippen LogP contribution in [-0.4, -0.2) is 58.0 Å². The molecule has 2 aliphatic rings. The summed E-state index contributed by atoms with van der Waals surface area (Å²) in [5.41, 5.74) is 2.29. The second kappa shape index (κ2) is 7.81. The maximum Gasteiger partial charge on any atom is 0.303 e. The number of carboxylic acid groups (broad SMARTS) is 1. The number of carbonyl (C=O) groups is 1. The number of ether oxygens (including phenoxy) is 1. The summed E-state index contributed by atoms with van der Waals surface area (Å²) in [6.07, 6.45) is 4.15. The van der Waals surface area contributed by atoms with Crippen molar-refractivity contribution in [2.24, 2.45) is 0 Å². The predicted octanol–water partition coefficient (Wildman–Crippen LogP) is 2.09. The van der Waals surface area contributed by atoms with Crippen molar-refractivity contribution < 1.29 is 19.7 Å². The summed E-state index contributed by atoms with van der Waals surface area (Å²) >= 11 is 0. The van der Waals surface area contributed by atoms with E-state index in [9.17, 15) is 9.90 Å². The summed E-state index contributed by atoms with van der Waals surface area (Å²) in [5.74, 6) is -0.778. The van der Waals surface area contributed by atoms with E-state index in [0.29, 0.717) is 39.0 Å². The Labute approximate surface area is 148 Å². The molecular weight excluding hydrogens is 320 g/mol. The molecule has 0 aromatic carbocycles. The van der Waals surface area contributed by atoms with Gasteiger partial charge in [-0.2, -0.15) is 0 Å². The fraction of sp³-hybridized carbons (Fsp3) is 0.684. The number of aliphatic carboxylic acids is 1. The molecule has 1 atom stereocenters. The van der Waals surface area contributed by atoms with Crippen LogP contribution in [-0.2, 0) is 16.0 Å². The van der Waals surface area contributed by atoms with Crippen LogP contribution in [0.2, 0.25) is 0 Å². The van der Waals surface area contributed by atoms with Crippen molar-refractivity contribution in [3.05, 3.63) is 29.1 Å². The van der Waals surface area contributed by atoms with Crippen LogP contribution in [0, 0.1) is 6.92 Å². The fourth-order valence-corrected chi connectivity index (χ4v) is 3.97. The van der Waals surface area contributed by atoms with Crippen molar-refractivity contribution in [3.8, 4) is 0 Å². The van der Waals surface area contributed by atoms with Crippen LogP contribution >= 0.6 is 0 Å². The molecular formula is C19H28N2O4. The first kappa shape index (κ1) is 18.3. The molecule has 2 aliphatic heterocycles. The average molecular weight is 348 g/mol. The van der Waals surface area contributed by atoms with Gasteiger partial charge in [-0.3, -0.25) is 14.7 Å². The highest BCUT2D eigenvalue weighted by Crippen LogP contribution is 2.34. The zero-order chi connectivity index (χ0) is 17.9. The van der Waals surface area contributed by atoms with Gasteiger partial charge in [-0.25, -0.2) is 0 Å². The van der Waals surface area contributed by atoms with Gasteiger partial charge in [0.1, 0.15) is 0 Å². The summed E-state index contributed by atoms with van der Waals surface area (Å²) in [6.45, 7) is 4.82. The standard InChI is InChI=1S/C19H28N2O4/c1-14-11-15(4-5-18(22)23)12-16(20-14)17-3-2-8-21(17)13-19(24)6-9-25-10-7-19/h11-12,17,24H,2-10,13H2,1H3,(H,22,23). The number of hydrogen-bond acceptors (Lipinski definition) is 5. The molecule has 0 bridgehead atoms. The molecule has 6 nitrogen and oxygen atoms in total. The zero-order valence-corrected chi connectivity index (χ0v) is 14.9. The Bertz CT molecular complexity index is 613. The van der Waals surface area contributed by atoms with Crippen molar-refractivity contribution >= 4 is 5.97 Å². The Hall–Kier alpha value is -1.50. The number of rotatable bonds is 6. The average Bonchev–Trinajstić information content (AvgIpc) is 3.00. The van der Waals surface area contributed by atoms with Gasteiger partial charge < -0.3 is 14.9 Å². The SMILES string of the molecule is Cc1cc(CCC(=O)O)cc(C2CCCN2CC2(O)CCOCC2)n1.